The lowest BCUT2D eigenvalue weighted by Gasteiger charge is -2.34. The summed E-state index contributed by atoms with van der Waals surface area (Å²) in [6.07, 6.45) is 2.16. The van der Waals surface area contributed by atoms with Crippen molar-refractivity contribution in [3.63, 3.8) is 0 Å². The van der Waals surface area contributed by atoms with Gasteiger partial charge in [-0.15, -0.1) is 0 Å². The number of hydrogen-bond donors (Lipinski definition) is 2. The molecule has 26 heavy (non-hydrogen) atoms. The summed E-state index contributed by atoms with van der Waals surface area (Å²) >= 11 is 0. The molecule has 2 aromatic heterocycles. The Balaban J connectivity index is 1.79. The SMILES string of the molecule is CC1CC(C(=O)O)CN(C(=O)Nc2cc(-c3ccco3)nn2C(C)C)C1. The van der Waals surface area contributed by atoms with Crippen molar-refractivity contribution >= 4 is 17.8 Å². The molecule has 1 fully saturated rings. The Labute approximate surface area is 151 Å². The fraction of sp³-hybridized carbons (Fsp3) is 0.500. The van der Waals surface area contributed by atoms with Crippen LogP contribution in [0.2, 0.25) is 0 Å². The molecule has 2 atom stereocenters. The summed E-state index contributed by atoms with van der Waals surface area (Å²) in [7, 11) is 0. The minimum atomic E-state index is -0.860. The molecule has 3 heterocycles. The van der Waals surface area contributed by atoms with Crippen LogP contribution in [0.15, 0.2) is 28.9 Å². The second kappa shape index (κ2) is 7.23. The number of anilines is 1. The number of hydrogen-bond acceptors (Lipinski definition) is 4. The predicted molar refractivity (Wildman–Crippen MR) is 95.8 cm³/mol. The Morgan fingerprint density at radius 3 is 2.77 bits per heavy atom. The first-order chi connectivity index (χ1) is 12.3. The van der Waals surface area contributed by atoms with Crippen molar-refractivity contribution in [1.82, 2.24) is 14.7 Å². The number of carboxylic acid groups (broad SMARTS) is 1. The van der Waals surface area contributed by atoms with Crippen LogP contribution in [0.3, 0.4) is 0 Å². The Bertz CT molecular complexity index is 781. The van der Waals surface area contributed by atoms with Gasteiger partial charge in [-0.1, -0.05) is 6.92 Å². The summed E-state index contributed by atoms with van der Waals surface area (Å²) in [5.41, 5.74) is 0.634. The molecule has 8 nitrogen and oxygen atoms in total. The Morgan fingerprint density at radius 1 is 1.38 bits per heavy atom. The quantitative estimate of drug-likeness (QED) is 0.871. The van der Waals surface area contributed by atoms with Gasteiger partial charge in [-0.2, -0.15) is 5.10 Å². The molecular weight excluding hydrogens is 336 g/mol. The molecule has 0 aromatic carbocycles. The summed E-state index contributed by atoms with van der Waals surface area (Å²) in [4.78, 5) is 25.6. The number of likely N-dealkylation sites (tertiary alicyclic amines) is 1. The number of nitrogens with one attached hydrogen (secondary N) is 1. The monoisotopic (exact) mass is 360 g/mol. The predicted octanol–water partition coefficient (Wildman–Crippen LogP) is 3.30. The number of aromatic nitrogens is 2. The Hall–Kier alpha value is -2.77. The van der Waals surface area contributed by atoms with E-state index in [4.69, 9.17) is 4.42 Å². The Morgan fingerprint density at radius 2 is 2.15 bits per heavy atom. The largest absolute Gasteiger partial charge is 0.481 e. The van der Waals surface area contributed by atoms with Gasteiger partial charge >= 0.3 is 12.0 Å². The summed E-state index contributed by atoms with van der Waals surface area (Å²) in [5, 5.41) is 16.7. The lowest BCUT2D eigenvalue weighted by Crippen LogP contribution is -2.47. The zero-order chi connectivity index (χ0) is 18.8. The first-order valence-electron chi connectivity index (χ1n) is 8.77. The number of urea groups is 1. The molecule has 2 N–H and O–H groups in total. The highest BCUT2D eigenvalue weighted by molar-refractivity contribution is 5.89. The first kappa shape index (κ1) is 18.0. The van der Waals surface area contributed by atoms with Gasteiger partial charge in [0.05, 0.1) is 12.2 Å². The zero-order valence-corrected chi connectivity index (χ0v) is 15.2. The van der Waals surface area contributed by atoms with Crippen LogP contribution >= 0.6 is 0 Å². The molecule has 0 aliphatic carbocycles. The van der Waals surface area contributed by atoms with E-state index >= 15 is 0 Å². The topological polar surface area (TPSA) is 101 Å². The molecule has 1 aliphatic rings. The number of piperidine rings is 1. The van der Waals surface area contributed by atoms with Crippen molar-refractivity contribution in [2.24, 2.45) is 11.8 Å². The Kier molecular flexibility index (Phi) is 5.01. The van der Waals surface area contributed by atoms with Crippen LogP contribution in [0, 0.1) is 11.8 Å². The molecule has 0 spiro atoms. The van der Waals surface area contributed by atoms with Gasteiger partial charge in [-0.05, 0) is 38.3 Å². The third-order valence-corrected chi connectivity index (χ3v) is 4.53. The molecule has 0 bridgehead atoms. The maximum Gasteiger partial charge on any atom is 0.323 e. The number of amides is 2. The van der Waals surface area contributed by atoms with Crippen LogP contribution in [0.4, 0.5) is 10.6 Å². The van der Waals surface area contributed by atoms with E-state index in [1.807, 2.05) is 26.8 Å². The first-order valence-corrected chi connectivity index (χ1v) is 8.77. The maximum absolute atomic E-state index is 12.7. The summed E-state index contributed by atoms with van der Waals surface area (Å²) in [5.74, 6) is -0.0666. The van der Waals surface area contributed by atoms with Crippen molar-refractivity contribution < 1.29 is 19.1 Å². The number of carboxylic acids is 1. The van der Waals surface area contributed by atoms with Gasteiger partial charge in [0.2, 0.25) is 0 Å². The molecule has 140 valence electrons. The molecule has 0 saturated carbocycles. The fourth-order valence-corrected chi connectivity index (χ4v) is 3.31. The number of aliphatic carboxylic acids is 1. The molecule has 3 rings (SSSR count). The molecular formula is C18H24N4O4. The van der Waals surface area contributed by atoms with Crippen LogP contribution in [-0.4, -0.2) is 44.9 Å². The molecule has 2 amide bonds. The van der Waals surface area contributed by atoms with Gasteiger partial charge in [-0.3, -0.25) is 10.1 Å². The highest BCUT2D eigenvalue weighted by atomic mass is 16.4. The molecule has 2 unspecified atom stereocenters. The van der Waals surface area contributed by atoms with Crippen molar-refractivity contribution in [2.75, 3.05) is 18.4 Å². The lowest BCUT2D eigenvalue weighted by atomic mass is 9.91. The van der Waals surface area contributed by atoms with Crippen molar-refractivity contribution in [3.8, 4) is 11.5 Å². The van der Waals surface area contributed by atoms with E-state index in [0.29, 0.717) is 30.2 Å². The fourth-order valence-electron chi connectivity index (χ4n) is 3.31. The van der Waals surface area contributed by atoms with E-state index in [9.17, 15) is 14.7 Å². The lowest BCUT2D eigenvalue weighted by molar-refractivity contribution is -0.143. The van der Waals surface area contributed by atoms with Crippen LogP contribution < -0.4 is 5.32 Å². The molecule has 1 saturated heterocycles. The van der Waals surface area contributed by atoms with Crippen LogP contribution in [-0.2, 0) is 4.79 Å². The van der Waals surface area contributed by atoms with Crippen LogP contribution in [0.5, 0.6) is 0 Å². The summed E-state index contributed by atoms with van der Waals surface area (Å²) in [6.45, 7) is 6.65. The molecule has 8 heteroatoms. The number of nitrogens with zero attached hydrogens (tertiary/aromatic N) is 3. The van der Waals surface area contributed by atoms with Crippen molar-refractivity contribution in [2.45, 2.75) is 33.2 Å². The maximum atomic E-state index is 12.7. The third-order valence-electron chi connectivity index (χ3n) is 4.53. The van der Waals surface area contributed by atoms with E-state index in [1.54, 1.807) is 28.0 Å². The average molecular weight is 360 g/mol. The van der Waals surface area contributed by atoms with E-state index in [0.717, 1.165) is 0 Å². The smallest absolute Gasteiger partial charge is 0.323 e. The number of furan rings is 1. The van der Waals surface area contributed by atoms with Gasteiger partial charge in [0, 0.05) is 25.2 Å². The van der Waals surface area contributed by atoms with Gasteiger partial charge in [0.15, 0.2) is 5.76 Å². The van der Waals surface area contributed by atoms with Crippen molar-refractivity contribution in [3.05, 3.63) is 24.5 Å². The highest BCUT2D eigenvalue weighted by Gasteiger charge is 2.32. The van der Waals surface area contributed by atoms with Gasteiger partial charge in [0.25, 0.3) is 0 Å². The standard InChI is InChI=1S/C18H24N4O4/c1-11(2)22-16(8-14(20-22)15-5-4-6-26-15)19-18(25)21-9-12(3)7-13(10-21)17(23)24/h4-6,8,11-13H,7,9-10H2,1-3H3,(H,19,25)(H,23,24). The summed E-state index contributed by atoms with van der Waals surface area (Å²) in [6, 6.07) is 5.08. The zero-order valence-electron chi connectivity index (χ0n) is 15.2. The number of rotatable bonds is 4. The number of carbonyl (C=O) groups excluding carboxylic acids is 1. The van der Waals surface area contributed by atoms with E-state index < -0.39 is 11.9 Å². The number of carbonyl (C=O) groups is 2. The van der Waals surface area contributed by atoms with Crippen LogP contribution in [0.1, 0.15) is 33.2 Å². The third kappa shape index (κ3) is 3.74. The average Bonchev–Trinajstić information content (AvgIpc) is 3.23. The van der Waals surface area contributed by atoms with Crippen LogP contribution in [0.25, 0.3) is 11.5 Å². The van der Waals surface area contributed by atoms with Gasteiger partial charge < -0.3 is 14.4 Å². The highest BCUT2D eigenvalue weighted by Crippen LogP contribution is 2.26. The van der Waals surface area contributed by atoms with E-state index in [2.05, 4.69) is 10.4 Å². The normalized spacial score (nSPS) is 20.4. The molecule has 2 aromatic rings. The summed E-state index contributed by atoms with van der Waals surface area (Å²) < 4.78 is 7.10. The van der Waals surface area contributed by atoms with E-state index in [1.165, 1.54) is 0 Å². The van der Waals surface area contributed by atoms with Gasteiger partial charge in [0.1, 0.15) is 11.5 Å². The van der Waals surface area contributed by atoms with Gasteiger partial charge in [-0.25, -0.2) is 9.48 Å². The second-order valence-corrected chi connectivity index (χ2v) is 7.14. The minimum Gasteiger partial charge on any atom is -0.481 e. The van der Waals surface area contributed by atoms with E-state index in [-0.39, 0.29) is 24.5 Å². The molecule has 1 aliphatic heterocycles. The second-order valence-electron chi connectivity index (χ2n) is 7.14. The van der Waals surface area contributed by atoms with Crippen molar-refractivity contribution in [1.29, 1.82) is 0 Å². The minimum absolute atomic E-state index is 0.0426. The molecule has 0 radical (unpaired) electrons.